The number of fused-ring (bicyclic) bond motifs is 1. The number of rotatable bonds is 5. The van der Waals surface area contributed by atoms with Gasteiger partial charge in [-0.3, -0.25) is 0 Å². The molecule has 0 amide bonds. The molecule has 0 spiro atoms. The fraction of sp³-hybridized carbons (Fsp3) is 0.625. The lowest BCUT2D eigenvalue weighted by Crippen LogP contribution is -2.40. The first-order valence-corrected chi connectivity index (χ1v) is 9.70. The lowest BCUT2D eigenvalue weighted by molar-refractivity contribution is 0.124. The van der Waals surface area contributed by atoms with Crippen LogP contribution in [0, 0.1) is 0 Å². The summed E-state index contributed by atoms with van der Waals surface area (Å²) in [6.07, 6.45) is 0.670. The zero-order valence-corrected chi connectivity index (χ0v) is 17.0. The van der Waals surface area contributed by atoms with Gasteiger partial charge in [0.1, 0.15) is 16.1 Å². The molecule has 0 bridgehead atoms. The van der Waals surface area contributed by atoms with E-state index in [-0.39, 0.29) is 17.3 Å². The Morgan fingerprint density at radius 2 is 2.21 bits per heavy atom. The van der Waals surface area contributed by atoms with Gasteiger partial charge in [0.15, 0.2) is 0 Å². The van der Waals surface area contributed by atoms with E-state index >= 15 is 0 Å². The van der Waals surface area contributed by atoms with Crippen molar-refractivity contribution in [2.45, 2.75) is 57.4 Å². The van der Waals surface area contributed by atoms with E-state index < -0.39 is 17.0 Å². The van der Waals surface area contributed by atoms with E-state index in [1.807, 2.05) is 46.8 Å². The smallest absolute Gasteiger partial charge is 0.136 e. The Kier molecular flexibility index (Phi) is 5.77. The maximum Gasteiger partial charge on any atom is 0.136 e. The second-order valence-corrected chi connectivity index (χ2v) is 10.2. The average molecular weight is 415 g/mol. The molecule has 3 atom stereocenters. The van der Waals surface area contributed by atoms with E-state index in [1.165, 1.54) is 0 Å². The van der Waals surface area contributed by atoms with Crippen LogP contribution >= 0.6 is 15.9 Å². The largest absolute Gasteiger partial charge is 0.598 e. The Bertz CT molecular complexity index is 673. The number of halogens is 1. The van der Waals surface area contributed by atoms with Crippen LogP contribution in [0.4, 0.5) is 0 Å². The highest BCUT2D eigenvalue weighted by Gasteiger charge is 2.38. The van der Waals surface area contributed by atoms with Crippen LogP contribution in [0.3, 0.4) is 0 Å². The van der Waals surface area contributed by atoms with Crippen molar-refractivity contribution in [2.75, 3.05) is 6.54 Å². The Hall–Kier alpha value is -0.920. The van der Waals surface area contributed by atoms with Crippen LogP contribution in [0.2, 0.25) is 0 Å². The number of nitrogens with one attached hydrogen (secondary N) is 1. The van der Waals surface area contributed by atoms with Gasteiger partial charge in [0.2, 0.25) is 0 Å². The van der Waals surface area contributed by atoms with Crippen molar-refractivity contribution >= 4 is 27.3 Å². The van der Waals surface area contributed by atoms with Gasteiger partial charge in [-0.2, -0.15) is 0 Å². The predicted molar refractivity (Wildman–Crippen MR) is 100 cm³/mol. The highest BCUT2D eigenvalue weighted by atomic mass is 79.9. The number of nitrogens with zero attached hydrogens (tertiary/aromatic N) is 3. The fourth-order valence-electron chi connectivity index (χ4n) is 2.61. The summed E-state index contributed by atoms with van der Waals surface area (Å²) >= 11 is 2.36. The van der Waals surface area contributed by atoms with Crippen molar-refractivity contribution in [3.63, 3.8) is 0 Å². The SMILES string of the molecule is CC(N[S@+]([O-])C(C)(C)C)c1cc(Br)cc2c1OC(C)(CN=[N+]=[N-])C2. The highest BCUT2D eigenvalue weighted by molar-refractivity contribution is 9.10. The van der Waals surface area contributed by atoms with Crippen LogP contribution in [0.15, 0.2) is 21.7 Å². The maximum atomic E-state index is 12.4. The second kappa shape index (κ2) is 7.14. The number of hydrogen-bond donors (Lipinski definition) is 1. The topological polar surface area (TPSA) is 93.1 Å². The molecule has 8 heteroatoms. The van der Waals surface area contributed by atoms with Gasteiger partial charge in [-0.15, -0.1) is 4.72 Å². The molecule has 1 N–H and O–H groups in total. The molecule has 0 aromatic heterocycles. The lowest BCUT2D eigenvalue weighted by atomic mass is 9.97. The monoisotopic (exact) mass is 414 g/mol. The predicted octanol–water partition coefficient (Wildman–Crippen LogP) is 4.57. The minimum absolute atomic E-state index is 0.141. The summed E-state index contributed by atoms with van der Waals surface area (Å²) in [6.45, 7) is 9.97. The first kappa shape index (κ1) is 19.4. The third-order valence-corrected chi connectivity index (χ3v) is 5.98. The van der Waals surface area contributed by atoms with Crippen LogP contribution in [0.5, 0.6) is 5.75 Å². The normalized spacial score (nSPS) is 22.3. The summed E-state index contributed by atoms with van der Waals surface area (Å²) < 4.78 is 22.3. The van der Waals surface area contributed by atoms with Crippen molar-refractivity contribution in [2.24, 2.45) is 5.11 Å². The molecule has 132 valence electrons. The molecule has 0 saturated carbocycles. The summed E-state index contributed by atoms with van der Waals surface area (Å²) in [5, 5.41) is 3.67. The van der Waals surface area contributed by atoms with E-state index in [0.717, 1.165) is 21.3 Å². The van der Waals surface area contributed by atoms with E-state index in [9.17, 15) is 4.55 Å². The summed E-state index contributed by atoms with van der Waals surface area (Å²) in [5.74, 6) is 0.791. The number of benzene rings is 1. The minimum atomic E-state index is -1.18. The minimum Gasteiger partial charge on any atom is -0.598 e. The standard InChI is InChI=1S/C16H23BrN4O2S/c1-10(20-24(22)15(2,3)4)13-7-12(17)6-11-8-16(5,9-19-21-18)23-14(11)13/h6-7,10,20H,8-9H2,1-5H3/t10?,16?,24-/m1/s1. The van der Waals surface area contributed by atoms with E-state index in [2.05, 4.69) is 30.7 Å². The Labute approximate surface area is 154 Å². The second-order valence-electron chi connectivity index (χ2n) is 7.32. The molecule has 0 aliphatic carbocycles. The number of ether oxygens (including phenoxy) is 1. The van der Waals surface area contributed by atoms with Gasteiger partial charge in [-0.25, -0.2) is 0 Å². The van der Waals surface area contributed by atoms with E-state index in [1.54, 1.807) is 0 Å². The van der Waals surface area contributed by atoms with Crippen molar-refractivity contribution < 1.29 is 9.29 Å². The Morgan fingerprint density at radius 3 is 2.79 bits per heavy atom. The highest BCUT2D eigenvalue weighted by Crippen LogP contribution is 2.42. The van der Waals surface area contributed by atoms with Gasteiger partial charge in [-0.1, -0.05) is 21.0 Å². The van der Waals surface area contributed by atoms with Gasteiger partial charge >= 0.3 is 0 Å². The molecule has 2 unspecified atom stereocenters. The molecule has 0 saturated heterocycles. The number of azide groups is 1. The summed E-state index contributed by atoms with van der Waals surface area (Å²) in [7, 11) is 0. The van der Waals surface area contributed by atoms with Crippen LogP contribution in [-0.2, 0) is 17.8 Å². The average Bonchev–Trinajstić information content (AvgIpc) is 2.79. The Morgan fingerprint density at radius 1 is 1.54 bits per heavy atom. The van der Waals surface area contributed by atoms with Crippen molar-refractivity contribution in [3.05, 3.63) is 38.2 Å². The molecule has 1 heterocycles. The molecule has 1 aromatic rings. The van der Waals surface area contributed by atoms with Crippen LogP contribution in [-0.4, -0.2) is 21.4 Å². The van der Waals surface area contributed by atoms with Gasteiger partial charge in [-0.05, 0) is 57.8 Å². The Balaban J connectivity index is 2.30. The van der Waals surface area contributed by atoms with Crippen molar-refractivity contribution in [3.8, 4) is 5.75 Å². The summed E-state index contributed by atoms with van der Waals surface area (Å²) in [5.41, 5.74) is 10.0. The van der Waals surface area contributed by atoms with Gasteiger partial charge < -0.3 is 9.29 Å². The summed E-state index contributed by atoms with van der Waals surface area (Å²) in [4.78, 5) is 2.83. The van der Waals surface area contributed by atoms with Gasteiger partial charge in [0.25, 0.3) is 0 Å². The van der Waals surface area contributed by atoms with Crippen LogP contribution in [0.25, 0.3) is 10.4 Å². The molecule has 2 rings (SSSR count). The van der Waals surface area contributed by atoms with Crippen LogP contribution < -0.4 is 9.46 Å². The molecule has 1 aliphatic rings. The maximum absolute atomic E-state index is 12.4. The van der Waals surface area contributed by atoms with Crippen LogP contribution in [0.1, 0.15) is 51.8 Å². The van der Waals surface area contributed by atoms with Gasteiger partial charge in [0.05, 0.1) is 12.6 Å². The summed E-state index contributed by atoms with van der Waals surface area (Å²) in [6, 6.07) is 3.86. The lowest BCUT2D eigenvalue weighted by Gasteiger charge is -2.28. The van der Waals surface area contributed by atoms with Crippen molar-refractivity contribution in [1.82, 2.24) is 4.72 Å². The molecule has 1 aromatic carbocycles. The van der Waals surface area contributed by atoms with E-state index in [4.69, 9.17) is 10.3 Å². The fourth-order valence-corrected chi connectivity index (χ4v) is 3.93. The van der Waals surface area contributed by atoms with Crippen molar-refractivity contribution in [1.29, 1.82) is 0 Å². The zero-order chi connectivity index (χ0) is 18.1. The molecule has 1 aliphatic heterocycles. The third kappa shape index (κ3) is 4.37. The molecular formula is C16H23BrN4O2S. The molecule has 6 nitrogen and oxygen atoms in total. The zero-order valence-electron chi connectivity index (χ0n) is 14.6. The first-order chi connectivity index (χ1) is 11.1. The first-order valence-electron chi connectivity index (χ1n) is 7.76. The molecule has 0 fully saturated rings. The number of hydrogen-bond acceptors (Lipinski definition) is 4. The molecule has 0 radical (unpaired) electrons. The molecule has 24 heavy (non-hydrogen) atoms. The van der Waals surface area contributed by atoms with E-state index in [0.29, 0.717) is 6.42 Å². The molecular weight excluding hydrogens is 392 g/mol. The van der Waals surface area contributed by atoms with Gasteiger partial charge in [0, 0.05) is 32.7 Å². The quantitative estimate of drug-likeness (QED) is 0.331. The third-order valence-electron chi connectivity index (χ3n) is 3.85.